The number of aliphatic carboxylic acids is 1. The lowest BCUT2D eigenvalue weighted by molar-refractivity contribution is -0.143. The standard InChI is InChI=1S/C21H24N2O3/c24-20(25)18-12-7-13-23(15-18)21(26)22-19(17-10-5-2-6-11-17)14-16-8-3-1-4-9-16/h1-6,8-11,18-19H,7,12-15H2,(H,22,26)(H,24,25). The van der Waals surface area contributed by atoms with Gasteiger partial charge >= 0.3 is 12.0 Å². The fourth-order valence-electron chi connectivity index (χ4n) is 3.39. The maximum Gasteiger partial charge on any atom is 0.317 e. The Balaban J connectivity index is 1.72. The summed E-state index contributed by atoms with van der Waals surface area (Å²) in [6, 6.07) is 19.6. The summed E-state index contributed by atoms with van der Waals surface area (Å²) in [6.45, 7) is 0.872. The molecule has 5 heteroatoms. The molecule has 1 saturated heterocycles. The average Bonchev–Trinajstić information content (AvgIpc) is 2.69. The molecule has 0 aromatic heterocycles. The molecule has 0 radical (unpaired) electrons. The minimum absolute atomic E-state index is 0.156. The Morgan fingerprint density at radius 1 is 1.08 bits per heavy atom. The van der Waals surface area contributed by atoms with E-state index >= 15 is 0 Å². The number of nitrogens with one attached hydrogen (secondary N) is 1. The van der Waals surface area contributed by atoms with Crippen molar-refractivity contribution in [3.05, 3.63) is 71.8 Å². The van der Waals surface area contributed by atoms with Crippen LogP contribution in [0.15, 0.2) is 60.7 Å². The zero-order valence-electron chi connectivity index (χ0n) is 14.7. The first-order chi connectivity index (χ1) is 12.6. The van der Waals surface area contributed by atoms with Crippen molar-refractivity contribution in [2.75, 3.05) is 13.1 Å². The number of urea groups is 1. The summed E-state index contributed by atoms with van der Waals surface area (Å²) in [6.07, 6.45) is 2.04. The molecule has 1 aliphatic rings. The van der Waals surface area contributed by atoms with Gasteiger partial charge in [-0.25, -0.2) is 4.79 Å². The van der Waals surface area contributed by atoms with E-state index in [9.17, 15) is 14.7 Å². The van der Waals surface area contributed by atoms with Crippen molar-refractivity contribution in [1.29, 1.82) is 0 Å². The van der Waals surface area contributed by atoms with Crippen LogP contribution in [0.3, 0.4) is 0 Å². The van der Waals surface area contributed by atoms with Crippen LogP contribution in [0.4, 0.5) is 4.79 Å². The van der Waals surface area contributed by atoms with Crippen LogP contribution in [0.1, 0.15) is 30.0 Å². The van der Waals surface area contributed by atoms with Crippen LogP contribution < -0.4 is 5.32 Å². The van der Waals surface area contributed by atoms with Gasteiger partial charge in [0, 0.05) is 13.1 Å². The van der Waals surface area contributed by atoms with E-state index < -0.39 is 11.9 Å². The first kappa shape index (κ1) is 18.0. The van der Waals surface area contributed by atoms with Crippen molar-refractivity contribution in [3.63, 3.8) is 0 Å². The van der Waals surface area contributed by atoms with Crippen molar-refractivity contribution >= 4 is 12.0 Å². The summed E-state index contributed by atoms with van der Waals surface area (Å²) in [5, 5.41) is 12.3. The molecule has 1 aliphatic heterocycles. The van der Waals surface area contributed by atoms with Gasteiger partial charge in [0.1, 0.15) is 0 Å². The second kappa shape index (κ2) is 8.52. The Bertz CT molecular complexity index is 733. The van der Waals surface area contributed by atoms with Crippen LogP contribution in [0, 0.1) is 5.92 Å². The van der Waals surface area contributed by atoms with Crippen LogP contribution in [0.25, 0.3) is 0 Å². The van der Waals surface area contributed by atoms with Crippen LogP contribution in [-0.2, 0) is 11.2 Å². The SMILES string of the molecule is O=C(O)C1CCCN(C(=O)NC(Cc2ccccc2)c2ccccc2)C1. The van der Waals surface area contributed by atoms with E-state index in [2.05, 4.69) is 5.32 Å². The second-order valence-corrected chi connectivity index (χ2v) is 6.73. The number of hydrogen-bond acceptors (Lipinski definition) is 2. The van der Waals surface area contributed by atoms with Gasteiger partial charge in [0.05, 0.1) is 12.0 Å². The first-order valence-corrected chi connectivity index (χ1v) is 9.00. The number of hydrogen-bond donors (Lipinski definition) is 2. The predicted molar refractivity (Wildman–Crippen MR) is 99.8 cm³/mol. The maximum absolute atomic E-state index is 12.8. The second-order valence-electron chi connectivity index (χ2n) is 6.73. The van der Waals surface area contributed by atoms with Crippen molar-refractivity contribution < 1.29 is 14.7 Å². The van der Waals surface area contributed by atoms with Crippen molar-refractivity contribution in [2.24, 2.45) is 5.92 Å². The number of amides is 2. The molecule has 0 aliphatic carbocycles. The van der Waals surface area contributed by atoms with Gasteiger partial charge in [-0.05, 0) is 30.4 Å². The molecule has 26 heavy (non-hydrogen) atoms. The Morgan fingerprint density at radius 2 is 1.73 bits per heavy atom. The molecule has 2 amide bonds. The fraction of sp³-hybridized carbons (Fsp3) is 0.333. The first-order valence-electron chi connectivity index (χ1n) is 9.00. The highest BCUT2D eigenvalue weighted by atomic mass is 16.4. The number of benzene rings is 2. The van der Waals surface area contributed by atoms with Gasteiger partial charge in [-0.15, -0.1) is 0 Å². The quantitative estimate of drug-likeness (QED) is 0.865. The van der Waals surface area contributed by atoms with Crippen LogP contribution in [-0.4, -0.2) is 35.1 Å². The molecule has 1 heterocycles. The third-order valence-corrected chi connectivity index (χ3v) is 4.84. The largest absolute Gasteiger partial charge is 0.481 e. The number of nitrogens with zero attached hydrogens (tertiary/aromatic N) is 1. The summed E-state index contributed by atoms with van der Waals surface area (Å²) < 4.78 is 0. The monoisotopic (exact) mass is 352 g/mol. The number of carboxylic acids is 1. The summed E-state index contributed by atoms with van der Waals surface area (Å²) in [4.78, 5) is 25.6. The Morgan fingerprint density at radius 3 is 2.38 bits per heavy atom. The highest BCUT2D eigenvalue weighted by Gasteiger charge is 2.29. The molecule has 2 unspecified atom stereocenters. The molecule has 5 nitrogen and oxygen atoms in total. The molecule has 3 rings (SSSR count). The van der Waals surface area contributed by atoms with Gasteiger partial charge < -0.3 is 15.3 Å². The molecule has 2 atom stereocenters. The lowest BCUT2D eigenvalue weighted by Crippen LogP contribution is -2.48. The van der Waals surface area contributed by atoms with Crippen LogP contribution >= 0.6 is 0 Å². The van der Waals surface area contributed by atoms with Gasteiger partial charge in [-0.1, -0.05) is 60.7 Å². The Kier molecular flexibility index (Phi) is 5.89. The summed E-state index contributed by atoms with van der Waals surface area (Å²) in [7, 11) is 0. The third-order valence-electron chi connectivity index (χ3n) is 4.84. The highest BCUT2D eigenvalue weighted by molar-refractivity contribution is 5.77. The molecule has 0 saturated carbocycles. The molecule has 0 bridgehead atoms. The zero-order chi connectivity index (χ0) is 18.4. The Hall–Kier alpha value is -2.82. The number of rotatable bonds is 5. The normalized spacial score (nSPS) is 18.2. The maximum atomic E-state index is 12.8. The van der Waals surface area contributed by atoms with E-state index in [1.807, 2.05) is 60.7 Å². The number of piperidine rings is 1. The van der Waals surface area contributed by atoms with Crippen molar-refractivity contribution in [1.82, 2.24) is 10.2 Å². The van der Waals surface area contributed by atoms with E-state index in [0.29, 0.717) is 19.4 Å². The predicted octanol–water partition coefficient (Wildman–Crippen LogP) is 3.48. The van der Waals surface area contributed by atoms with E-state index in [1.165, 1.54) is 0 Å². The van der Waals surface area contributed by atoms with Gasteiger partial charge in [-0.3, -0.25) is 4.79 Å². The smallest absolute Gasteiger partial charge is 0.317 e. The topological polar surface area (TPSA) is 69.6 Å². The number of carboxylic acid groups (broad SMARTS) is 1. The molecule has 0 spiro atoms. The summed E-state index contributed by atoms with van der Waals surface area (Å²) in [5.74, 6) is -1.30. The fourth-order valence-corrected chi connectivity index (χ4v) is 3.39. The van der Waals surface area contributed by atoms with Gasteiger partial charge in [-0.2, -0.15) is 0 Å². The molecule has 2 aromatic carbocycles. The van der Waals surface area contributed by atoms with Crippen molar-refractivity contribution in [3.8, 4) is 0 Å². The van der Waals surface area contributed by atoms with E-state index in [0.717, 1.165) is 17.5 Å². The molecule has 2 N–H and O–H groups in total. The zero-order valence-corrected chi connectivity index (χ0v) is 14.7. The summed E-state index contributed by atoms with van der Waals surface area (Å²) >= 11 is 0. The third kappa shape index (κ3) is 4.63. The van der Waals surface area contributed by atoms with Crippen LogP contribution in [0.5, 0.6) is 0 Å². The minimum atomic E-state index is -0.827. The molecular formula is C21H24N2O3. The lowest BCUT2D eigenvalue weighted by atomic mass is 9.97. The van der Waals surface area contributed by atoms with Crippen LogP contribution in [0.2, 0.25) is 0 Å². The van der Waals surface area contributed by atoms with Gasteiger partial charge in [0.15, 0.2) is 0 Å². The molecule has 136 valence electrons. The lowest BCUT2D eigenvalue weighted by Gasteiger charge is -2.32. The highest BCUT2D eigenvalue weighted by Crippen LogP contribution is 2.21. The number of carbonyl (C=O) groups is 2. The van der Waals surface area contributed by atoms with Gasteiger partial charge in [0.2, 0.25) is 0 Å². The van der Waals surface area contributed by atoms with Crippen molar-refractivity contribution in [2.45, 2.75) is 25.3 Å². The number of likely N-dealkylation sites (tertiary alicyclic amines) is 1. The van der Waals surface area contributed by atoms with Gasteiger partial charge in [0.25, 0.3) is 0 Å². The average molecular weight is 352 g/mol. The Labute approximate surface area is 153 Å². The summed E-state index contributed by atoms with van der Waals surface area (Å²) in [5.41, 5.74) is 2.18. The number of carbonyl (C=O) groups excluding carboxylic acids is 1. The molecular weight excluding hydrogens is 328 g/mol. The molecule has 1 fully saturated rings. The van der Waals surface area contributed by atoms with E-state index in [1.54, 1.807) is 4.90 Å². The van der Waals surface area contributed by atoms with E-state index in [-0.39, 0.29) is 18.6 Å². The minimum Gasteiger partial charge on any atom is -0.481 e. The molecule has 2 aromatic rings. The van der Waals surface area contributed by atoms with E-state index in [4.69, 9.17) is 0 Å².